The molecule has 2 N–H and O–H groups in total. The minimum atomic E-state index is -4.02. The van der Waals surface area contributed by atoms with Crippen molar-refractivity contribution in [1.82, 2.24) is 4.31 Å². The fourth-order valence-corrected chi connectivity index (χ4v) is 6.08. The summed E-state index contributed by atoms with van der Waals surface area (Å²) in [6.45, 7) is 3.42. The van der Waals surface area contributed by atoms with Crippen LogP contribution in [-0.2, 0) is 19.6 Å². The summed E-state index contributed by atoms with van der Waals surface area (Å²) in [4.78, 5) is 25.0. The number of ether oxygens (including phenoxy) is 2. The molecule has 2 aromatic rings. The van der Waals surface area contributed by atoms with Gasteiger partial charge in [0.2, 0.25) is 15.9 Å². The van der Waals surface area contributed by atoms with Crippen molar-refractivity contribution in [2.24, 2.45) is 0 Å². The summed E-state index contributed by atoms with van der Waals surface area (Å²) in [6.07, 6.45) is 0.174. The van der Waals surface area contributed by atoms with Crippen molar-refractivity contribution >= 4 is 44.8 Å². The van der Waals surface area contributed by atoms with E-state index in [4.69, 9.17) is 21.1 Å². The molecule has 4 rings (SSSR count). The van der Waals surface area contributed by atoms with Gasteiger partial charge in [0, 0.05) is 17.6 Å². The molecule has 1 fully saturated rings. The highest BCUT2D eigenvalue weighted by Gasteiger charge is 2.41. The first kappa shape index (κ1) is 23.3. The third kappa shape index (κ3) is 4.38. The Bertz CT molecular complexity index is 1230. The van der Waals surface area contributed by atoms with E-state index in [-0.39, 0.29) is 23.1 Å². The predicted molar refractivity (Wildman–Crippen MR) is 123 cm³/mol. The normalized spacial score (nSPS) is 20.5. The van der Waals surface area contributed by atoms with E-state index in [0.29, 0.717) is 40.6 Å². The minimum absolute atomic E-state index is 0.0321. The number of amides is 2. The molecule has 2 amide bonds. The van der Waals surface area contributed by atoms with E-state index < -0.39 is 28.1 Å². The highest BCUT2D eigenvalue weighted by molar-refractivity contribution is 7.89. The maximum atomic E-state index is 13.6. The Morgan fingerprint density at radius 1 is 1.30 bits per heavy atom. The highest BCUT2D eigenvalue weighted by Crippen LogP contribution is 2.37. The van der Waals surface area contributed by atoms with Gasteiger partial charge in [-0.15, -0.1) is 0 Å². The summed E-state index contributed by atoms with van der Waals surface area (Å²) in [5.41, 5.74) is 1.22. The molecule has 2 aromatic carbocycles. The van der Waals surface area contributed by atoms with Gasteiger partial charge in [0.05, 0.1) is 23.4 Å². The lowest BCUT2D eigenvalue weighted by molar-refractivity contribution is -0.122. The van der Waals surface area contributed by atoms with Crippen LogP contribution in [0, 0.1) is 6.92 Å². The number of hydrogen-bond donors (Lipinski definition) is 2. The molecule has 2 aliphatic rings. The summed E-state index contributed by atoms with van der Waals surface area (Å²) in [5, 5.41) is 5.87. The molecule has 0 bridgehead atoms. The molecule has 2 atom stereocenters. The number of rotatable bonds is 5. The number of halogens is 1. The number of nitrogens with one attached hydrogen (secondary N) is 2. The minimum Gasteiger partial charge on any atom is -0.495 e. The Kier molecular flexibility index (Phi) is 6.26. The zero-order valence-corrected chi connectivity index (χ0v) is 19.9. The van der Waals surface area contributed by atoms with Gasteiger partial charge in [0.25, 0.3) is 5.91 Å². The van der Waals surface area contributed by atoms with Gasteiger partial charge in [-0.3, -0.25) is 9.59 Å². The summed E-state index contributed by atoms with van der Waals surface area (Å²) in [6, 6.07) is 6.88. The van der Waals surface area contributed by atoms with Crippen LogP contribution in [-0.4, -0.2) is 50.3 Å². The number of sulfonamides is 1. The van der Waals surface area contributed by atoms with Gasteiger partial charge >= 0.3 is 0 Å². The lowest BCUT2D eigenvalue weighted by atomic mass is 10.1. The molecule has 0 aromatic heterocycles. The van der Waals surface area contributed by atoms with Gasteiger partial charge in [-0.2, -0.15) is 4.31 Å². The summed E-state index contributed by atoms with van der Waals surface area (Å²) >= 11 is 6.04. The number of benzene rings is 2. The zero-order chi connectivity index (χ0) is 23.9. The van der Waals surface area contributed by atoms with Gasteiger partial charge in [0.15, 0.2) is 6.10 Å². The van der Waals surface area contributed by atoms with E-state index in [9.17, 15) is 18.0 Å². The lowest BCUT2D eigenvalue weighted by Gasteiger charge is -2.27. The zero-order valence-electron chi connectivity index (χ0n) is 18.3. The molecule has 2 unspecified atom stereocenters. The van der Waals surface area contributed by atoms with Gasteiger partial charge in [0.1, 0.15) is 17.5 Å². The first-order valence-corrected chi connectivity index (χ1v) is 12.2. The van der Waals surface area contributed by atoms with Crippen molar-refractivity contribution < 1.29 is 27.5 Å². The average Bonchev–Trinajstić information content (AvgIpc) is 3.26. The van der Waals surface area contributed by atoms with Crippen molar-refractivity contribution in [2.75, 3.05) is 24.3 Å². The number of methoxy groups -OCH3 is 1. The molecule has 11 heteroatoms. The standard InChI is InChI=1S/C22H24ClN3O6S/c1-12-9-15-19(32-13(2)21(27)24-15)11-20(12)33(29,30)26-8-4-5-17(26)22(28)25-16-10-14(23)6-7-18(16)31-3/h6-7,9-11,13,17H,4-5,8H2,1-3H3,(H,24,27)(H,25,28). The number of carbonyl (C=O) groups excluding carboxylic acids is 2. The Morgan fingerprint density at radius 3 is 2.79 bits per heavy atom. The Morgan fingerprint density at radius 2 is 2.06 bits per heavy atom. The Hall–Kier alpha value is -2.82. The maximum Gasteiger partial charge on any atom is 0.265 e. The first-order chi connectivity index (χ1) is 15.6. The third-order valence-corrected chi connectivity index (χ3v) is 8.01. The maximum absolute atomic E-state index is 13.6. The number of hydrogen-bond acceptors (Lipinski definition) is 6. The van der Waals surface area contributed by atoms with Gasteiger partial charge in [-0.05, 0) is 56.5 Å². The van der Waals surface area contributed by atoms with Crippen molar-refractivity contribution in [2.45, 2.75) is 43.7 Å². The van der Waals surface area contributed by atoms with Crippen LogP contribution >= 0.6 is 11.6 Å². The van der Waals surface area contributed by atoms with E-state index in [0.717, 1.165) is 0 Å². The van der Waals surface area contributed by atoms with E-state index in [1.165, 1.54) is 17.5 Å². The Labute approximate surface area is 197 Å². The molecule has 2 heterocycles. The molecule has 9 nitrogen and oxygen atoms in total. The second kappa shape index (κ2) is 8.85. The van der Waals surface area contributed by atoms with Crippen LogP contribution in [0.1, 0.15) is 25.3 Å². The topological polar surface area (TPSA) is 114 Å². The van der Waals surface area contributed by atoms with Crippen LogP contribution in [0.4, 0.5) is 11.4 Å². The fourth-order valence-electron chi connectivity index (χ4n) is 4.03. The van der Waals surface area contributed by atoms with E-state index in [1.807, 2.05) is 0 Å². The number of fused-ring (bicyclic) bond motifs is 1. The van der Waals surface area contributed by atoms with Crippen molar-refractivity contribution in [1.29, 1.82) is 0 Å². The number of aryl methyl sites for hydroxylation is 1. The van der Waals surface area contributed by atoms with Gasteiger partial charge < -0.3 is 20.1 Å². The molecular weight excluding hydrogens is 470 g/mol. The van der Waals surface area contributed by atoms with Crippen LogP contribution in [0.3, 0.4) is 0 Å². The van der Waals surface area contributed by atoms with Crippen molar-refractivity contribution in [3.8, 4) is 11.5 Å². The SMILES string of the molecule is COc1ccc(Cl)cc1NC(=O)C1CCCN1S(=O)(=O)c1cc2c(cc1C)NC(=O)C(C)O2. The summed E-state index contributed by atoms with van der Waals surface area (Å²) in [7, 11) is -2.55. The first-order valence-electron chi connectivity index (χ1n) is 10.4. The molecule has 0 aliphatic carbocycles. The Balaban J connectivity index is 1.63. The molecule has 0 spiro atoms. The highest BCUT2D eigenvalue weighted by atomic mass is 35.5. The molecule has 33 heavy (non-hydrogen) atoms. The van der Waals surface area contributed by atoms with Crippen LogP contribution in [0.2, 0.25) is 5.02 Å². The molecule has 0 radical (unpaired) electrons. The van der Waals surface area contributed by atoms with Gasteiger partial charge in [-0.25, -0.2) is 8.42 Å². The van der Waals surface area contributed by atoms with Gasteiger partial charge in [-0.1, -0.05) is 11.6 Å². The van der Waals surface area contributed by atoms with Crippen molar-refractivity contribution in [3.63, 3.8) is 0 Å². The lowest BCUT2D eigenvalue weighted by Crippen LogP contribution is -2.43. The smallest absolute Gasteiger partial charge is 0.265 e. The number of nitrogens with zero attached hydrogens (tertiary/aromatic N) is 1. The largest absolute Gasteiger partial charge is 0.495 e. The molecule has 0 saturated carbocycles. The predicted octanol–water partition coefficient (Wildman–Crippen LogP) is 3.17. The molecular formula is C22H24ClN3O6S. The van der Waals surface area contributed by atoms with Crippen LogP contribution in [0.25, 0.3) is 0 Å². The molecule has 176 valence electrons. The average molecular weight is 494 g/mol. The number of anilines is 2. The van der Waals surface area contributed by atoms with Crippen LogP contribution < -0.4 is 20.1 Å². The summed E-state index contributed by atoms with van der Waals surface area (Å²) in [5.74, 6) is -0.0799. The second-order valence-electron chi connectivity index (χ2n) is 7.97. The van der Waals surface area contributed by atoms with Crippen LogP contribution in [0.15, 0.2) is 35.2 Å². The quantitative estimate of drug-likeness (QED) is 0.661. The van der Waals surface area contributed by atoms with Crippen molar-refractivity contribution in [3.05, 3.63) is 40.9 Å². The van der Waals surface area contributed by atoms with E-state index in [2.05, 4.69) is 10.6 Å². The fraction of sp³-hybridized carbons (Fsp3) is 0.364. The number of carbonyl (C=O) groups is 2. The van der Waals surface area contributed by atoms with E-state index in [1.54, 1.807) is 38.1 Å². The van der Waals surface area contributed by atoms with E-state index >= 15 is 0 Å². The second-order valence-corrected chi connectivity index (χ2v) is 10.3. The summed E-state index contributed by atoms with van der Waals surface area (Å²) < 4.78 is 39.2. The molecule has 2 aliphatic heterocycles. The molecule has 1 saturated heterocycles. The van der Waals surface area contributed by atoms with Crippen LogP contribution in [0.5, 0.6) is 11.5 Å². The monoisotopic (exact) mass is 493 g/mol. The third-order valence-electron chi connectivity index (χ3n) is 5.72.